The van der Waals surface area contributed by atoms with E-state index in [1.165, 1.54) is 25.4 Å². The fraction of sp³-hybridized carbons (Fsp3) is 0.0909. The molecule has 2 rings (SSSR count). The standard InChI is InChI=1S/C11H8FNO3/c1-15-11(14)8-6-13-16-10(8)7-4-2-3-5-9(7)12/h2-6H,1H3. The Labute approximate surface area is 90.6 Å². The highest BCUT2D eigenvalue weighted by Crippen LogP contribution is 2.26. The molecule has 0 aliphatic carbocycles. The summed E-state index contributed by atoms with van der Waals surface area (Å²) in [5, 5.41) is 3.47. The second-order valence-electron chi connectivity index (χ2n) is 3.04. The maximum Gasteiger partial charge on any atom is 0.343 e. The summed E-state index contributed by atoms with van der Waals surface area (Å²) in [4.78, 5) is 11.3. The summed E-state index contributed by atoms with van der Waals surface area (Å²) in [7, 11) is 1.24. The number of ether oxygens (including phenoxy) is 1. The third-order valence-electron chi connectivity index (χ3n) is 2.09. The summed E-state index contributed by atoms with van der Waals surface area (Å²) in [6.45, 7) is 0. The van der Waals surface area contributed by atoms with Gasteiger partial charge in [0, 0.05) is 0 Å². The number of aromatic nitrogens is 1. The Morgan fingerprint density at radius 1 is 1.44 bits per heavy atom. The fourth-order valence-electron chi connectivity index (χ4n) is 1.33. The van der Waals surface area contributed by atoms with E-state index in [2.05, 4.69) is 9.89 Å². The van der Waals surface area contributed by atoms with Gasteiger partial charge in [0.15, 0.2) is 5.76 Å². The van der Waals surface area contributed by atoms with Crippen LogP contribution < -0.4 is 0 Å². The number of carbonyl (C=O) groups is 1. The zero-order valence-corrected chi connectivity index (χ0v) is 8.44. The first-order valence-electron chi connectivity index (χ1n) is 4.52. The summed E-state index contributed by atoms with van der Waals surface area (Å²) in [6, 6.07) is 5.97. The van der Waals surface area contributed by atoms with Gasteiger partial charge in [-0.15, -0.1) is 0 Å². The number of rotatable bonds is 2. The van der Waals surface area contributed by atoms with Crippen molar-refractivity contribution in [2.75, 3.05) is 7.11 Å². The molecule has 0 radical (unpaired) electrons. The molecule has 1 heterocycles. The van der Waals surface area contributed by atoms with Crippen molar-refractivity contribution in [1.82, 2.24) is 5.16 Å². The van der Waals surface area contributed by atoms with Gasteiger partial charge in [0.25, 0.3) is 0 Å². The van der Waals surface area contributed by atoms with Crippen molar-refractivity contribution in [2.24, 2.45) is 0 Å². The predicted octanol–water partition coefficient (Wildman–Crippen LogP) is 2.27. The van der Waals surface area contributed by atoms with Crippen LogP contribution in [-0.2, 0) is 4.74 Å². The second-order valence-corrected chi connectivity index (χ2v) is 3.04. The number of methoxy groups -OCH3 is 1. The molecule has 0 spiro atoms. The molecule has 4 nitrogen and oxygen atoms in total. The van der Waals surface area contributed by atoms with E-state index < -0.39 is 11.8 Å². The summed E-state index contributed by atoms with van der Waals surface area (Å²) >= 11 is 0. The van der Waals surface area contributed by atoms with Gasteiger partial charge in [0.2, 0.25) is 0 Å². The third kappa shape index (κ3) is 1.67. The van der Waals surface area contributed by atoms with Crippen molar-refractivity contribution < 1.29 is 18.4 Å². The minimum atomic E-state index is -0.612. The van der Waals surface area contributed by atoms with Gasteiger partial charge in [-0.05, 0) is 12.1 Å². The SMILES string of the molecule is COC(=O)c1cnoc1-c1ccccc1F. The molecule has 2 aromatic rings. The lowest BCUT2D eigenvalue weighted by Gasteiger charge is -2.00. The molecule has 0 bridgehead atoms. The van der Waals surface area contributed by atoms with Crippen LogP contribution in [0.5, 0.6) is 0 Å². The molecule has 0 aliphatic rings. The lowest BCUT2D eigenvalue weighted by atomic mass is 10.1. The van der Waals surface area contributed by atoms with Crippen LogP contribution in [0, 0.1) is 5.82 Å². The van der Waals surface area contributed by atoms with Gasteiger partial charge in [-0.2, -0.15) is 0 Å². The second kappa shape index (κ2) is 4.14. The molecule has 0 atom stereocenters. The average molecular weight is 221 g/mol. The van der Waals surface area contributed by atoms with E-state index >= 15 is 0 Å². The first kappa shape index (κ1) is 10.4. The molecule has 0 unspecified atom stereocenters. The van der Waals surface area contributed by atoms with E-state index in [4.69, 9.17) is 4.52 Å². The smallest absolute Gasteiger partial charge is 0.343 e. The highest BCUT2D eigenvalue weighted by molar-refractivity contribution is 5.95. The molecule has 0 saturated carbocycles. The van der Waals surface area contributed by atoms with Crippen molar-refractivity contribution in [1.29, 1.82) is 0 Å². The Kier molecular flexibility index (Phi) is 2.68. The fourth-order valence-corrected chi connectivity index (χ4v) is 1.33. The molecular formula is C11H8FNO3. The van der Waals surface area contributed by atoms with Crippen molar-refractivity contribution >= 4 is 5.97 Å². The number of hydrogen-bond donors (Lipinski definition) is 0. The molecule has 82 valence electrons. The first-order chi connectivity index (χ1) is 7.74. The Morgan fingerprint density at radius 3 is 2.88 bits per heavy atom. The topological polar surface area (TPSA) is 52.3 Å². The Balaban J connectivity index is 2.53. The number of esters is 1. The van der Waals surface area contributed by atoms with Crippen LogP contribution in [0.25, 0.3) is 11.3 Å². The van der Waals surface area contributed by atoms with Crippen molar-refractivity contribution in [3.63, 3.8) is 0 Å². The largest absolute Gasteiger partial charge is 0.465 e. The number of nitrogens with zero attached hydrogens (tertiary/aromatic N) is 1. The molecule has 16 heavy (non-hydrogen) atoms. The normalized spacial score (nSPS) is 10.1. The average Bonchev–Trinajstić information content (AvgIpc) is 2.77. The number of carbonyl (C=O) groups excluding carboxylic acids is 1. The van der Waals surface area contributed by atoms with E-state index in [0.717, 1.165) is 0 Å². The molecule has 0 N–H and O–H groups in total. The summed E-state index contributed by atoms with van der Waals surface area (Å²) in [5.74, 6) is -1.02. The zero-order valence-electron chi connectivity index (χ0n) is 8.44. The summed E-state index contributed by atoms with van der Waals surface area (Å²) in [5.41, 5.74) is 0.285. The summed E-state index contributed by atoms with van der Waals surface area (Å²) < 4.78 is 22.9. The maximum atomic E-state index is 13.5. The van der Waals surface area contributed by atoms with E-state index in [1.807, 2.05) is 0 Å². The van der Waals surface area contributed by atoms with E-state index in [9.17, 15) is 9.18 Å². The van der Waals surface area contributed by atoms with E-state index in [-0.39, 0.29) is 16.9 Å². The lowest BCUT2D eigenvalue weighted by molar-refractivity contribution is 0.0601. The number of benzene rings is 1. The Bertz CT molecular complexity index is 521. The van der Waals surface area contributed by atoms with Crippen LogP contribution in [0.1, 0.15) is 10.4 Å². The lowest BCUT2D eigenvalue weighted by Crippen LogP contribution is -2.01. The quantitative estimate of drug-likeness (QED) is 0.730. The molecule has 0 aliphatic heterocycles. The van der Waals surface area contributed by atoms with Gasteiger partial charge in [-0.3, -0.25) is 0 Å². The van der Waals surface area contributed by atoms with Gasteiger partial charge >= 0.3 is 5.97 Å². The van der Waals surface area contributed by atoms with Crippen LogP contribution in [0.15, 0.2) is 35.0 Å². The Morgan fingerprint density at radius 2 is 2.19 bits per heavy atom. The van der Waals surface area contributed by atoms with Gasteiger partial charge in [-0.1, -0.05) is 17.3 Å². The third-order valence-corrected chi connectivity index (χ3v) is 2.09. The summed E-state index contributed by atoms with van der Waals surface area (Å²) in [6.07, 6.45) is 1.20. The van der Waals surface area contributed by atoms with Gasteiger partial charge < -0.3 is 9.26 Å². The number of hydrogen-bond acceptors (Lipinski definition) is 4. The molecule has 1 aromatic carbocycles. The predicted molar refractivity (Wildman–Crippen MR) is 53.2 cm³/mol. The maximum absolute atomic E-state index is 13.5. The van der Waals surface area contributed by atoms with Crippen LogP contribution in [-0.4, -0.2) is 18.2 Å². The zero-order chi connectivity index (χ0) is 11.5. The first-order valence-corrected chi connectivity index (χ1v) is 4.52. The van der Waals surface area contributed by atoms with Crippen molar-refractivity contribution in [2.45, 2.75) is 0 Å². The van der Waals surface area contributed by atoms with Crippen molar-refractivity contribution in [3.8, 4) is 11.3 Å². The molecule has 0 fully saturated rings. The molecule has 1 aromatic heterocycles. The monoisotopic (exact) mass is 221 g/mol. The van der Waals surface area contributed by atoms with E-state index in [0.29, 0.717) is 0 Å². The van der Waals surface area contributed by atoms with Crippen LogP contribution in [0.2, 0.25) is 0 Å². The van der Waals surface area contributed by atoms with Crippen LogP contribution >= 0.6 is 0 Å². The van der Waals surface area contributed by atoms with Crippen molar-refractivity contribution in [3.05, 3.63) is 41.8 Å². The van der Waals surface area contributed by atoms with Gasteiger partial charge in [-0.25, -0.2) is 9.18 Å². The Hall–Kier alpha value is -2.17. The minimum absolute atomic E-state index is 0.0740. The molecule has 0 amide bonds. The van der Waals surface area contributed by atoms with E-state index in [1.54, 1.807) is 12.1 Å². The number of halogens is 1. The van der Waals surface area contributed by atoms with Gasteiger partial charge in [0.1, 0.15) is 11.4 Å². The molecule has 0 saturated heterocycles. The van der Waals surface area contributed by atoms with Gasteiger partial charge in [0.05, 0.1) is 18.9 Å². The molecular weight excluding hydrogens is 213 g/mol. The van der Waals surface area contributed by atoms with Crippen LogP contribution in [0.4, 0.5) is 4.39 Å². The molecule has 5 heteroatoms. The van der Waals surface area contributed by atoms with Crippen LogP contribution in [0.3, 0.4) is 0 Å². The highest BCUT2D eigenvalue weighted by Gasteiger charge is 2.20. The minimum Gasteiger partial charge on any atom is -0.465 e. The highest BCUT2D eigenvalue weighted by atomic mass is 19.1.